The molecular formula is C9H10N4O2S. The quantitative estimate of drug-likeness (QED) is 0.662. The van der Waals surface area contributed by atoms with Crippen LogP contribution in [0.25, 0.3) is 10.2 Å². The van der Waals surface area contributed by atoms with E-state index in [1.165, 1.54) is 0 Å². The number of rotatable bonds is 1. The standard InChI is InChI=1S/C9H10N4O2S/c1-3-4-6(10)12-9(15)13-8(4)16-5(3)7(14)11-2/h1-2H3,(H,11,14)(H3,10,12,13,15). The largest absolute Gasteiger partial charge is 0.385 e. The molecule has 7 heteroatoms. The average molecular weight is 238 g/mol. The molecular weight excluding hydrogens is 228 g/mol. The summed E-state index contributed by atoms with van der Waals surface area (Å²) in [7, 11) is 1.55. The predicted molar refractivity (Wildman–Crippen MR) is 62.8 cm³/mol. The van der Waals surface area contributed by atoms with E-state index in [9.17, 15) is 9.59 Å². The Morgan fingerprint density at radius 2 is 2.25 bits per heavy atom. The van der Waals surface area contributed by atoms with Crippen molar-refractivity contribution in [1.82, 2.24) is 15.3 Å². The van der Waals surface area contributed by atoms with E-state index in [4.69, 9.17) is 5.73 Å². The monoisotopic (exact) mass is 238 g/mol. The Labute approximate surface area is 94.5 Å². The van der Waals surface area contributed by atoms with Crippen LogP contribution in [0.1, 0.15) is 15.2 Å². The molecule has 6 nitrogen and oxygen atoms in total. The van der Waals surface area contributed by atoms with Crippen molar-refractivity contribution in [2.75, 3.05) is 12.8 Å². The summed E-state index contributed by atoms with van der Waals surface area (Å²) in [5.41, 5.74) is 5.92. The molecule has 2 aromatic rings. The lowest BCUT2D eigenvalue weighted by Crippen LogP contribution is -2.17. The third-order valence-electron chi connectivity index (χ3n) is 2.28. The number of fused-ring (bicyclic) bond motifs is 1. The van der Waals surface area contributed by atoms with Gasteiger partial charge in [-0.3, -0.25) is 9.78 Å². The summed E-state index contributed by atoms with van der Waals surface area (Å²) < 4.78 is 0. The highest BCUT2D eigenvalue weighted by Gasteiger charge is 2.17. The number of aryl methyl sites for hydroxylation is 1. The highest BCUT2D eigenvalue weighted by Crippen LogP contribution is 2.30. The third-order valence-corrected chi connectivity index (χ3v) is 3.46. The van der Waals surface area contributed by atoms with Crippen molar-refractivity contribution in [2.45, 2.75) is 6.92 Å². The van der Waals surface area contributed by atoms with Crippen LogP contribution in [0.15, 0.2) is 4.79 Å². The second-order valence-corrected chi connectivity index (χ2v) is 4.27. The van der Waals surface area contributed by atoms with Crippen LogP contribution in [0, 0.1) is 6.92 Å². The molecule has 0 aromatic carbocycles. The molecule has 4 N–H and O–H groups in total. The van der Waals surface area contributed by atoms with Crippen molar-refractivity contribution in [3.05, 3.63) is 20.9 Å². The smallest absolute Gasteiger partial charge is 0.347 e. The van der Waals surface area contributed by atoms with Gasteiger partial charge < -0.3 is 11.1 Å². The van der Waals surface area contributed by atoms with Crippen LogP contribution in [0.3, 0.4) is 0 Å². The highest BCUT2D eigenvalue weighted by atomic mass is 32.1. The van der Waals surface area contributed by atoms with Gasteiger partial charge in [0.05, 0.1) is 10.3 Å². The fraction of sp³-hybridized carbons (Fsp3) is 0.222. The zero-order valence-electron chi connectivity index (χ0n) is 8.75. The van der Waals surface area contributed by atoms with Gasteiger partial charge >= 0.3 is 5.69 Å². The highest BCUT2D eigenvalue weighted by molar-refractivity contribution is 7.20. The molecule has 0 aliphatic carbocycles. The Morgan fingerprint density at radius 3 is 2.88 bits per heavy atom. The molecule has 16 heavy (non-hydrogen) atoms. The lowest BCUT2D eigenvalue weighted by atomic mass is 10.2. The Bertz CT molecular complexity index is 628. The van der Waals surface area contributed by atoms with E-state index in [-0.39, 0.29) is 11.7 Å². The summed E-state index contributed by atoms with van der Waals surface area (Å²) in [5.74, 6) is 0.0475. The number of aromatic nitrogens is 2. The summed E-state index contributed by atoms with van der Waals surface area (Å²) in [6.45, 7) is 1.78. The Hall–Kier alpha value is -1.89. The number of hydrogen-bond donors (Lipinski definition) is 3. The number of carbonyl (C=O) groups excluding carboxylic acids is 1. The van der Waals surface area contributed by atoms with E-state index in [2.05, 4.69) is 15.3 Å². The van der Waals surface area contributed by atoms with Crippen LogP contribution < -0.4 is 16.7 Å². The minimum Gasteiger partial charge on any atom is -0.385 e. The van der Waals surface area contributed by atoms with Crippen molar-refractivity contribution in [1.29, 1.82) is 0 Å². The predicted octanol–water partition coefficient (Wildman–Crippen LogP) is 0.235. The van der Waals surface area contributed by atoms with E-state index in [1.807, 2.05) is 0 Å². The molecule has 0 bridgehead atoms. The third kappa shape index (κ3) is 1.45. The summed E-state index contributed by atoms with van der Waals surface area (Å²) in [6, 6.07) is 0. The van der Waals surface area contributed by atoms with Crippen LogP contribution in [0.4, 0.5) is 5.82 Å². The number of amides is 1. The second kappa shape index (κ2) is 3.60. The Balaban J connectivity index is 2.83. The minimum atomic E-state index is -0.505. The van der Waals surface area contributed by atoms with E-state index in [0.717, 1.165) is 16.9 Å². The number of nitrogens with two attached hydrogens (primary N) is 1. The molecule has 0 radical (unpaired) electrons. The molecule has 0 aliphatic heterocycles. The number of nitrogen functional groups attached to an aromatic ring is 1. The Kier molecular flexibility index (Phi) is 2.39. The molecule has 84 valence electrons. The van der Waals surface area contributed by atoms with Gasteiger partial charge in [-0.2, -0.15) is 4.98 Å². The van der Waals surface area contributed by atoms with E-state index >= 15 is 0 Å². The SMILES string of the molecule is CNC(=O)c1sc2nc(=O)[nH]c(N)c2c1C. The topological polar surface area (TPSA) is 101 Å². The molecule has 0 saturated carbocycles. The number of aromatic amines is 1. The van der Waals surface area contributed by atoms with Crippen LogP contribution in [0.2, 0.25) is 0 Å². The summed E-state index contributed by atoms with van der Waals surface area (Å²) in [5, 5.41) is 3.17. The molecule has 0 saturated heterocycles. The maximum Gasteiger partial charge on any atom is 0.347 e. The molecule has 0 aliphatic rings. The molecule has 1 amide bonds. The van der Waals surface area contributed by atoms with Gasteiger partial charge in [-0.15, -0.1) is 11.3 Å². The van der Waals surface area contributed by atoms with Gasteiger partial charge in [-0.05, 0) is 12.5 Å². The fourth-order valence-electron chi connectivity index (χ4n) is 1.52. The number of nitrogens with zero attached hydrogens (tertiary/aromatic N) is 1. The maximum atomic E-state index is 11.5. The first-order valence-electron chi connectivity index (χ1n) is 4.55. The lowest BCUT2D eigenvalue weighted by Gasteiger charge is -1.98. The van der Waals surface area contributed by atoms with E-state index in [1.54, 1.807) is 14.0 Å². The maximum absolute atomic E-state index is 11.5. The van der Waals surface area contributed by atoms with Crippen molar-refractivity contribution < 1.29 is 4.79 Å². The molecule has 0 spiro atoms. The number of anilines is 1. The fourth-order valence-corrected chi connectivity index (χ4v) is 2.66. The first-order chi connectivity index (χ1) is 7.54. The van der Waals surface area contributed by atoms with Gasteiger partial charge in [0, 0.05) is 7.05 Å². The molecule has 0 fully saturated rings. The number of carbonyl (C=O) groups is 1. The van der Waals surface area contributed by atoms with Crippen LogP contribution in [-0.2, 0) is 0 Å². The van der Waals surface area contributed by atoms with Gasteiger partial charge in [0.25, 0.3) is 5.91 Å². The molecule has 0 unspecified atom stereocenters. The van der Waals surface area contributed by atoms with Crippen LogP contribution in [0.5, 0.6) is 0 Å². The number of nitrogens with one attached hydrogen (secondary N) is 2. The molecule has 2 heterocycles. The molecule has 2 rings (SSSR count). The zero-order chi connectivity index (χ0) is 11.9. The minimum absolute atomic E-state index is 0.202. The number of thiophene rings is 1. The van der Waals surface area contributed by atoms with Crippen molar-refractivity contribution >= 4 is 33.3 Å². The summed E-state index contributed by atoms with van der Waals surface area (Å²) >= 11 is 1.16. The Morgan fingerprint density at radius 1 is 1.56 bits per heavy atom. The lowest BCUT2D eigenvalue weighted by molar-refractivity contribution is 0.0966. The van der Waals surface area contributed by atoms with Gasteiger partial charge in [0.2, 0.25) is 0 Å². The van der Waals surface area contributed by atoms with Gasteiger partial charge in [-0.25, -0.2) is 4.79 Å². The molecule has 2 aromatic heterocycles. The van der Waals surface area contributed by atoms with Gasteiger partial charge in [0.15, 0.2) is 0 Å². The van der Waals surface area contributed by atoms with Crippen molar-refractivity contribution in [2.24, 2.45) is 0 Å². The first-order valence-corrected chi connectivity index (χ1v) is 5.37. The summed E-state index contributed by atoms with van der Waals surface area (Å²) in [4.78, 5) is 29.9. The van der Waals surface area contributed by atoms with E-state index in [0.29, 0.717) is 15.1 Å². The number of hydrogen-bond acceptors (Lipinski definition) is 5. The van der Waals surface area contributed by atoms with Crippen molar-refractivity contribution in [3.63, 3.8) is 0 Å². The number of H-pyrrole nitrogens is 1. The normalized spacial score (nSPS) is 10.6. The summed E-state index contributed by atoms with van der Waals surface area (Å²) in [6.07, 6.45) is 0. The van der Waals surface area contributed by atoms with Gasteiger partial charge in [-0.1, -0.05) is 0 Å². The zero-order valence-corrected chi connectivity index (χ0v) is 9.57. The average Bonchev–Trinajstić information content (AvgIpc) is 2.54. The van der Waals surface area contributed by atoms with Crippen LogP contribution in [-0.4, -0.2) is 22.9 Å². The molecule has 0 atom stereocenters. The van der Waals surface area contributed by atoms with Crippen molar-refractivity contribution in [3.8, 4) is 0 Å². The van der Waals surface area contributed by atoms with Gasteiger partial charge in [0.1, 0.15) is 10.6 Å². The van der Waals surface area contributed by atoms with E-state index < -0.39 is 5.69 Å². The first kappa shape index (κ1) is 10.6. The van der Waals surface area contributed by atoms with Crippen LogP contribution >= 0.6 is 11.3 Å². The second-order valence-electron chi connectivity index (χ2n) is 3.27.